The third kappa shape index (κ3) is 4.80. The topological polar surface area (TPSA) is 70.6 Å². The zero-order chi connectivity index (χ0) is 23.6. The Bertz CT molecular complexity index is 1360. The first-order valence-electron chi connectivity index (χ1n) is 9.65. The first kappa shape index (κ1) is 22.3. The fourth-order valence-electron chi connectivity index (χ4n) is 3.37. The third-order valence-corrected chi connectivity index (χ3v) is 5.25. The molecule has 0 saturated heterocycles. The lowest BCUT2D eigenvalue weighted by atomic mass is 9.97. The number of hydrogen-bond acceptors (Lipinski definition) is 3. The van der Waals surface area contributed by atoms with Gasteiger partial charge in [0.2, 0.25) is 0 Å². The summed E-state index contributed by atoms with van der Waals surface area (Å²) >= 11 is 5.85. The lowest BCUT2D eigenvalue weighted by molar-refractivity contribution is -0.137. The highest BCUT2D eigenvalue weighted by molar-refractivity contribution is 6.41. The third-order valence-electron chi connectivity index (χ3n) is 4.92. The van der Waals surface area contributed by atoms with Crippen molar-refractivity contribution in [1.29, 1.82) is 0 Å². The fourth-order valence-corrected chi connectivity index (χ4v) is 3.54. The van der Waals surface area contributed by atoms with Gasteiger partial charge in [0, 0.05) is 5.56 Å². The molecule has 2 N–H and O–H groups in total. The first-order valence-corrected chi connectivity index (χ1v) is 10.0. The molecule has 0 aliphatic heterocycles. The Morgan fingerprint density at radius 2 is 1.45 bits per heavy atom. The quantitative estimate of drug-likeness (QED) is 0.173. The molecule has 0 aliphatic rings. The molecule has 0 radical (unpaired) electrons. The summed E-state index contributed by atoms with van der Waals surface area (Å²) in [6.45, 7) is 0. The fraction of sp³-hybridized carbons (Fsp3) is 0.0417. The normalized spacial score (nSPS) is 11.8. The predicted octanol–water partition coefficient (Wildman–Crippen LogP) is 5.75. The van der Waals surface area contributed by atoms with Gasteiger partial charge in [-0.3, -0.25) is 9.59 Å². The van der Waals surface area contributed by atoms with Crippen molar-refractivity contribution in [3.63, 3.8) is 0 Å². The van der Waals surface area contributed by atoms with E-state index < -0.39 is 23.6 Å². The van der Waals surface area contributed by atoms with Gasteiger partial charge in [-0.1, -0.05) is 60.1 Å². The summed E-state index contributed by atoms with van der Waals surface area (Å²) in [6.07, 6.45) is -3.20. The number of amides is 2. The van der Waals surface area contributed by atoms with Gasteiger partial charge in [0.05, 0.1) is 22.5 Å². The van der Waals surface area contributed by atoms with Crippen LogP contribution in [0.5, 0.6) is 0 Å². The zero-order valence-electron chi connectivity index (χ0n) is 16.8. The molecule has 5 nitrogen and oxygen atoms in total. The summed E-state index contributed by atoms with van der Waals surface area (Å²) in [7, 11) is 0. The summed E-state index contributed by atoms with van der Waals surface area (Å²) < 4.78 is 38.7. The van der Waals surface area contributed by atoms with Gasteiger partial charge in [-0.15, -0.1) is 0 Å². The van der Waals surface area contributed by atoms with Crippen molar-refractivity contribution in [3.05, 3.63) is 88.9 Å². The Balaban J connectivity index is 1.54. The number of halogens is 4. The van der Waals surface area contributed by atoms with E-state index >= 15 is 0 Å². The average molecular weight is 470 g/mol. The first-order chi connectivity index (χ1) is 15.7. The van der Waals surface area contributed by atoms with Crippen molar-refractivity contribution in [2.45, 2.75) is 6.18 Å². The van der Waals surface area contributed by atoms with Crippen LogP contribution in [0.4, 0.5) is 18.9 Å². The Kier molecular flexibility index (Phi) is 6.02. The lowest BCUT2D eigenvalue weighted by Crippen LogP contribution is -2.32. The van der Waals surface area contributed by atoms with Crippen LogP contribution in [-0.4, -0.2) is 18.0 Å². The molecular formula is C24H15ClF3N3O2. The second kappa shape index (κ2) is 8.91. The Morgan fingerprint density at radius 1 is 0.848 bits per heavy atom. The highest BCUT2D eigenvalue weighted by Crippen LogP contribution is 2.33. The molecule has 2 amide bonds. The van der Waals surface area contributed by atoms with E-state index in [9.17, 15) is 22.8 Å². The second-order valence-electron chi connectivity index (χ2n) is 7.08. The number of hydrogen-bond donors (Lipinski definition) is 2. The summed E-state index contributed by atoms with van der Waals surface area (Å²) in [5, 5.41) is 9.56. The van der Waals surface area contributed by atoms with E-state index in [1.807, 2.05) is 54.6 Å². The van der Waals surface area contributed by atoms with Gasteiger partial charge >= 0.3 is 18.0 Å². The van der Waals surface area contributed by atoms with E-state index in [1.165, 1.54) is 6.21 Å². The molecular weight excluding hydrogens is 455 g/mol. The number of rotatable bonds is 3. The van der Waals surface area contributed by atoms with Gasteiger partial charge in [0.25, 0.3) is 0 Å². The van der Waals surface area contributed by atoms with Crippen LogP contribution in [0.25, 0.3) is 21.5 Å². The smallest absolute Gasteiger partial charge is 0.316 e. The maximum Gasteiger partial charge on any atom is 0.416 e. The number of nitrogens with one attached hydrogen (secondary N) is 2. The van der Waals surface area contributed by atoms with Crippen LogP contribution < -0.4 is 10.7 Å². The molecule has 4 aromatic carbocycles. The van der Waals surface area contributed by atoms with E-state index in [0.717, 1.165) is 39.2 Å². The van der Waals surface area contributed by atoms with Crippen LogP contribution in [0.2, 0.25) is 5.02 Å². The number of carbonyl (C=O) groups is 2. The molecule has 4 rings (SSSR count). The van der Waals surface area contributed by atoms with Gasteiger partial charge < -0.3 is 5.32 Å². The molecule has 166 valence electrons. The highest BCUT2D eigenvalue weighted by Gasteiger charge is 2.31. The molecule has 0 aromatic heterocycles. The molecule has 0 saturated carbocycles. The molecule has 4 aromatic rings. The second-order valence-corrected chi connectivity index (χ2v) is 7.49. The van der Waals surface area contributed by atoms with Crippen LogP contribution in [0.1, 0.15) is 11.1 Å². The van der Waals surface area contributed by atoms with Crippen molar-refractivity contribution in [3.8, 4) is 0 Å². The van der Waals surface area contributed by atoms with E-state index in [4.69, 9.17) is 11.6 Å². The van der Waals surface area contributed by atoms with Crippen LogP contribution in [0, 0.1) is 0 Å². The Morgan fingerprint density at radius 3 is 2.06 bits per heavy atom. The molecule has 0 fully saturated rings. The average Bonchev–Trinajstić information content (AvgIpc) is 2.79. The minimum atomic E-state index is -4.63. The summed E-state index contributed by atoms with van der Waals surface area (Å²) in [5.41, 5.74) is 1.49. The SMILES string of the molecule is O=C(NN=Cc1c2ccccc2cc2ccccc12)C(=O)Nc1cc(C(F)(F)F)ccc1Cl. The molecule has 0 heterocycles. The van der Waals surface area contributed by atoms with Crippen LogP contribution in [0.3, 0.4) is 0 Å². The van der Waals surface area contributed by atoms with Gasteiger partial charge in [-0.25, -0.2) is 5.43 Å². The van der Waals surface area contributed by atoms with E-state index in [2.05, 4.69) is 15.8 Å². The zero-order valence-corrected chi connectivity index (χ0v) is 17.5. The maximum absolute atomic E-state index is 12.9. The number of fused-ring (bicyclic) bond motifs is 2. The minimum Gasteiger partial charge on any atom is -0.316 e. The number of hydrazone groups is 1. The molecule has 33 heavy (non-hydrogen) atoms. The van der Waals surface area contributed by atoms with Gasteiger partial charge in [-0.05, 0) is 45.8 Å². The molecule has 0 bridgehead atoms. The van der Waals surface area contributed by atoms with E-state index in [-0.39, 0.29) is 10.7 Å². The highest BCUT2D eigenvalue weighted by atomic mass is 35.5. The van der Waals surface area contributed by atoms with Crippen molar-refractivity contribution >= 4 is 56.9 Å². The number of nitrogens with zero attached hydrogens (tertiary/aromatic N) is 1. The number of anilines is 1. The molecule has 9 heteroatoms. The van der Waals surface area contributed by atoms with E-state index in [1.54, 1.807) is 0 Å². The number of alkyl halides is 3. The number of carbonyl (C=O) groups excluding carboxylic acids is 2. The molecule has 0 unspecified atom stereocenters. The van der Waals surface area contributed by atoms with Crippen LogP contribution >= 0.6 is 11.6 Å². The lowest BCUT2D eigenvalue weighted by Gasteiger charge is -2.11. The summed E-state index contributed by atoms with van der Waals surface area (Å²) in [6, 6.07) is 19.7. The molecule has 0 atom stereocenters. The van der Waals surface area contributed by atoms with Crippen LogP contribution in [-0.2, 0) is 15.8 Å². The number of benzene rings is 4. The minimum absolute atomic E-state index is 0.144. The molecule has 0 spiro atoms. The Labute approximate surface area is 190 Å². The van der Waals surface area contributed by atoms with Crippen molar-refractivity contribution in [2.75, 3.05) is 5.32 Å². The van der Waals surface area contributed by atoms with Gasteiger partial charge in [0.15, 0.2) is 0 Å². The van der Waals surface area contributed by atoms with Gasteiger partial charge in [0.1, 0.15) is 0 Å². The van der Waals surface area contributed by atoms with Gasteiger partial charge in [-0.2, -0.15) is 18.3 Å². The van der Waals surface area contributed by atoms with Crippen molar-refractivity contribution in [1.82, 2.24) is 5.43 Å². The van der Waals surface area contributed by atoms with E-state index in [0.29, 0.717) is 6.07 Å². The largest absolute Gasteiger partial charge is 0.416 e. The predicted molar refractivity (Wildman–Crippen MR) is 122 cm³/mol. The summed E-state index contributed by atoms with van der Waals surface area (Å²) in [4.78, 5) is 24.3. The Hall–Kier alpha value is -3.91. The monoisotopic (exact) mass is 469 g/mol. The summed E-state index contributed by atoms with van der Waals surface area (Å²) in [5.74, 6) is -2.37. The van der Waals surface area contributed by atoms with Crippen LogP contribution in [0.15, 0.2) is 77.9 Å². The van der Waals surface area contributed by atoms with Crippen molar-refractivity contribution in [2.24, 2.45) is 5.10 Å². The maximum atomic E-state index is 12.9. The van der Waals surface area contributed by atoms with Crippen molar-refractivity contribution < 1.29 is 22.8 Å². The standard InChI is InChI=1S/C24H15ClF3N3O2/c25-20-10-9-16(24(26,27)28)12-21(20)30-22(32)23(33)31-29-13-19-17-7-3-1-5-14(17)11-15-6-2-4-8-18(15)19/h1-13H,(H,30,32)(H,31,33). The molecule has 0 aliphatic carbocycles.